The predicted molar refractivity (Wildman–Crippen MR) is 96.1 cm³/mol. The van der Waals surface area contributed by atoms with Crippen molar-refractivity contribution in [1.82, 2.24) is 0 Å². The third kappa shape index (κ3) is 5.34. The van der Waals surface area contributed by atoms with E-state index in [1.54, 1.807) is 13.8 Å². The van der Waals surface area contributed by atoms with Gasteiger partial charge in [0, 0.05) is 22.2 Å². The first-order chi connectivity index (χ1) is 10.3. The molecule has 5 heteroatoms. The van der Waals surface area contributed by atoms with E-state index in [0.717, 1.165) is 0 Å². The molecule has 0 saturated carbocycles. The fraction of sp³-hybridized carbons (Fsp3) is 0.667. The third-order valence-corrected chi connectivity index (χ3v) is 9.24. The lowest BCUT2D eigenvalue weighted by Crippen LogP contribution is -2.56. The molecule has 0 unspecified atom stereocenters. The predicted octanol–water partition coefficient (Wildman–Crippen LogP) is 4.76. The summed E-state index contributed by atoms with van der Waals surface area (Å²) in [6, 6.07) is 0.538. The fourth-order valence-electron chi connectivity index (χ4n) is 2.08. The molecule has 0 saturated heterocycles. The Morgan fingerprint density at radius 2 is 1.30 bits per heavy atom. The Hall–Kier alpha value is -1.36. The van der Waals surface area contributed by atoms with Gasteiger partial charge in [-0.25, -0.2) is 9.59 Å². The summed E-state index contributed by atoms with van der Waals surface area (Å²) < 4.78 is 11.7. The maximum atomic E-state index is 12.3. The minimum atomic E-state index is -3.22. The monoisotopic (exact) mass is 340 g/mol. The van der Waals surface area contributed by atoms with Crippen molar-refractivity contribution in [3.8, 4) is 0 Å². The maximum absolute atomic E-state index is 12.3. The number of hydrogen-bond donors (Lipinski definition) is 0. The molecule has 0 aliphatic rings. The Kier molecular flexibility index (Phi) is 7.48. The van der Waals surface area contributed by atoms with Crippen LogP contribution in [0.15, 0.2) is 24.3 Å². The van der Waals surface area contributed by atoms with Crippen molar-refractivity contribution in [3.63, 3.8) is 0 Å². The Morgan fingerprint density at radius 3 is 1.52 bits per heavy atom. The molecule has 0 rings (SSSR count). The normalized spacial score (nSPS) is 12.3. The van der Waals surface area contributed by atoms with Crippen LogP contribution in [0.5, 0.6) is 0 Å². The molecule has 0 aliphatic carbocycles. The molecule has 0 atom stereocenters. The van der Waals surface area contributed by atoms with Crippen LogP contribution in [0, 0.1) is 11.8 Å². The first kappa shape index (κ1) is 21.6. The summed E-state index contributed by atoms with van der Waals surface area (Å²) in [6.45, 7) is 22.7. The highest BCUT2D eigenvalue weighted by atomic mass is 28.4. The topological polar surface area (TPSA) is 52.6 Å². The Bertz CT molecular complexity index is 461. The quantitative estimate of drug-likeness (QED) is 0.472. The molecule has 0 amide bonds. The van der Waals surface area contributed by atoms with Crippen molar-refractivity contribution in [2.75, 3.05) is 0 Å². The molecule has 0 radical (unpaired) electrons. The SMILES string of the molecule is C=C(C)C(=O)O[Si](CC(C)C)(OC(=O)C(=C)C)C(C)(C)C(C)C. The Labute approximate surface area is 142 Å². The summed E-state index contributed by atoms with van der Waals surface area (Å²) in [5, 5.41) is -0.451. The molecule has 0 bridgehead atoms. The van der Waals surface area contributed by atoms with Gasteiger partial charge in [0.1, 0.15) is 0 Å². The molecule has 4 nitrogen and oxygen atoms in total. The second-order valence-electron chi connectivity index (χ2n) is 7.57. The van der Waals surface area contributed by atoms with E-state index in [0.29, 0.717) is 17.2 Å². The van der Waals surface area contributed by atoms with E-state index in [-0.39, 0.29) is 11.8 Å². The van der Waals surface area contributed by atoms with Gasteiger partial charge in [0.15, 0.2) is 0 Å². The van der Waals surface area contributed by atoms with E-state index in [1.807, 2.05) is 41.5 Å². The first-order valence-corrected chi connectivity index (χ1v) is 10.1. The lowest BCUT2D eigenvalue weighted by molar-refractivity contribution is -0.138. The van der Waals surface area contributed by atoms with Gasteiger partial charge in [0.05, 0.1) is 0 Å². The smallest absolute Gasteiger partial charge is 0.471 e. The van der Waals surface area contributed by atoms with Gasteiger partial charge in [-0.1, -0.05) is 54.7 Å². The zero-order valence-electron chi connectivity index (χ0n) is 15.9. The van der Waals surface area contributed by atoms with Gasteiger partial charge in [0.2, 0.25) is 0 Å². The highest BCUT2D eigenvalue weighted by Crippen LogP contribution is 2.49. The van der Waals surface area contributed by atoms with Gasteiger partial charge in [-0.2, -0.15) is 0 Å². The second kappa shape index (κ2) is 7.95. The van der Waals surface area contributed by atoms with Crippen LogP contribution >= 0.6 is 0 Å². The molecule has 132 valence electrons. The van der Waals surface area contributed by atoms with Gasteiger partial charge in [-0.3, -0.25) is 0 Å². The molecule has 0 fully saturated rings. The van der Waals surface area contributed by atoms with Crippen molar-refractivity contribution in [2.45, 2.75) is 66.5 Å². The summed E-state index contributed by atoms with van der Waals surface area (Å²) in [5.41, 5.74) is 0.605. The molecule has 23 heavy (non-hydrogen) atoms. The average Bonchev–Trinajstić information content (AvgIpc) is 2.36. The summed E-state index contributed by atoms with van der Waals surface area (Å²) in [5.74, 6) is -0.611. The average molecular weight is 341 g/mol. The van der Waals surface area contributed by atoms with E-state index in [4.69, 9.17) is 8.85 Å². The zero-order chi connectivity index (χ0) is 18.6. The molecule has 0 aromatic carbocycles. The van der Waals surface area contributed by atoms with Crippen LogP contribution in [-0.2, 0) is 18.4 Å². The maximum Gasteiger partial charge on any atom is 0.471 e. The van der Waals surface area contributed by atoms with Gasteiger partial charge in [0.25, 0.3) is 0 Å². The zero-order valence-corrected chi connectivity index (χ0v) is 16.9. The van der Waals surface area contributed by atoms with Crippen LogP contribution in [-0.4, -0.2) is 20.5 Å². The molecule has 0 aliphatic heterocycles. The largest absolute Gasteiger partial charge is 0.481 e. The summed E-state index contributed by atoms with van der Waals surface area (Å²) >= 11 is 0. The van der Waals surface area contributed by atoms with Crippen LogP contribution in [0.2, 0.25) is 11.1 Å². The highest BCUT2D eigenvalue weighted by Gasteiger charge is 2.59. The molecule has 0 aromatic heterocycles. The molecule has 0 aromatic rings. The minimum Gasteiger partial charge on any atom is -0.481 e. The number of rotatable bonds is 8. The van der Waals surface area contributed by atoms with Crippen LogP contribution in [0.4, 0.5) is 0 Å². The molecule has 0 spiro atoms. The van der Waals surface area contributed by atoms with Gasteiger partial charge < -0.3 is 8.85 Å². The highest BCUT2D eigenvalue weighted by molar-refractivity contribution is 6.74. The van der Waals surface area contributed by atoms with Crippen molar-refractivity contribution in [3.05, 3.63) is 24.3 Å². The lowest BCUT2D eigenvalue weighted by Gasteiger charge is -2.44. The summed E-state index contributed by atoms with van der Waals surface area (Å²) in [6.07, 6.45) is 0. The lowest BCUT2D eigenvalue weighted by atomic mass is 9.99. The van der Waals surface area contributed by atoms with E-state index in [2.05, 4.69) is 13.2 Å². The van der Waals surface area contributed by atoms with Gasteiger partial charge in [-0.05, 0) is 25.7 Å². The summed E-state index contributed by atoms with van der Waals surface area (Å²) in [7, 11) is -3.22. The van der Waals surface area contributed by atoms with Crippen molar-refractivity contribution in [1.29, 1.82) is 0 Å². The molecule has 0 N–H and O–H groups in total. The molecular formula is C18H32O4Si. The van der Waals surface area contributed by atoms with Crippen molar-refractivity contribution in [2.24, 2.45) is 11.8 Å². The number of carbonyl (C=O) groups excluding carboxylic acids is 2. The third-order valence-electron chi connectivity index (χ3n) is 4.31. The van der Waals surface area contributed by atoms with Crippen LogP contribution in [0.3, 0.4) is 0 Å². The van der Waals surface area contributed by atoms with E-state index >= 15 is 0 Å². The van der Waals surface area contributed by atoms with Gasteiger partial charge >= 0.3 is 20.5 Å². The summed E-state index contributed by atoms with van der Waals surface area (Å²) in [4.78, 5) is 24.5. The van der Waals surface area contributed by atoms with Crippen LogP contribution in [0.25, 0.3) is 0 Å². The molecular weight excluding hydrogens is 308 g/mol. The Morgan fingerprint density at radius 1 is 0.957 bits per heavy atom. The van der Waals surface area contributed by atoms with E-state index in [1.165, 1.54) is 0 Å². The second-order valence-corrected chi connectivity index (χ2v) is 11.2. The van der Waals surface area contributed by atoms with Crippen LogP contribution < -0.4 is 0 Å². The number of carbonyl (C=O) groups is 2. The minimum absolute atomic E-state index is 0.170. The van der Waals surface area contributed by atoms with Crippen LogP contribution in [0.1, 0.15) is 55.4 Å². The first-order valence-electron chi connectivity index (χ1n) is 8.04. The Balaban J connectivity index is 6.10. The fourth-order valence-corrected chi connectivity index (χ4v) is 6.24. The van der Waals surface area contributed by atoms with Crippen molar-refractivity contribution < 1.29 is 18.4 Å². The van der Waals surface area contributed by atoms with Gasteiger partial charge in [-0.15, -0.1) is 0 Å². The number of hydrogen-bond acceptors (Lipinski definition) is 4. The van der Waals surface area contributed by atoms with E-state index < -0.39 is 25.5 Å². The van der Waals surface area contributed by atoms with E-state index in [9.17, 15) is 9.59 Å². The standard InChI is InChI=1S/C18H32O4Si/c1-12(2)11-23(18(9,10)15(7)8,21-16(19)13(3)4)22-17(20)14(5)6/h12,15H,3,5,11H2,1-2,4,6-10H3. The molecule has 0 heterocycles. The van der Waals surface area contributed by atoms with Crippen molar-refractivity contribution >= 4 is 20.5 Å².